The Kier molecular flexibility index (Phi) is 3.65. The summed E-state index contributed by atoms with van der Waals surface area (Å²) in [5, 5.41) is 11.5. The summed E-state index contributed by atoms with van der Waals surface area (Å²) < 4.78 is 0. The Morgan fingerprint density at radius 3 is 2.61 bits per heavy atom. The number of benzene rings is 1. The third-order valence-electron chi connectivity index (χ3n) is 3.38. The number of hydrogen-bond acceptors (Lipinski definition) is 2. The third-order valence-corrected chi connectivity index (χ3v) is 3.38. The first-order valence-corrected chi connectivity index (χ1v) is 6.21. The van der Waals surface area contributed by atoms with E-state index in [1.54, 1.807) is 6.92 Å². The Balaban J connectivity index is 1.92. The van der Waals surface area contributed by atoms with Crippen LogP contribution in [0, 0.1) is 5.92 Å². The van der Waals surface area contributed by atoms with Gasteiger partial charge in [0.1, 0.15) is 6.04 Å². The van der Waals surface area contributed by atoms with Crippen LogP contribution in [0.2, 0.25) is 0 Å². The molecule has 1 amide bonds. The average molecular weight is 247 g/mol. The lowest BCUT2D eigenvalue weighted by atomic mass is 10.1. The monoisotopic (exact) mass is 247 g/mol. The lowest BCUT2D eigenvalue weighted by molar-refractivity contribution is -0.142. The molecular weight excluding hydrogens is 230 g/mol. The van der Waals surface area contributed by atoms with Crippen LogP contribution in [0.25, 0.3) is 0 Å². The summed E-state index contributed by atoms with van der Waals surface area (Å²) in [5.41, 5.74) is 1.15. The molecule has 4 heteroatoms. The molecule has 2 unspecified atom stereocenters. The van der Waals surface area contributed by atoms with E-state index >= 15 is 0 Å². The number of hydrogen-bond donors (Lipinski definition) is 2. The fourth-order valence-electron chi connectivity index (χ4n) is 2.17. The topological polar surface area (TPSA) is 66.4 Å². The Bertz CT molecular complexity index is 444. The van der Waals surface area contributed by atoms with Crippen LogP contribution in [0.15, 0.2) is 30.3 Å². The molecular formula is C14H17NO3. The minimum absolute atomic E-state index is 0.0687. The van der Waals surface area contributed by atoms with Gasteiger partial charge in [-0.1, -0.05) is 37.3 Å². The van der Waals surface area contributed by atoms with E-state index in [1.807, 2.05) is 30.3 Å². The highest BCUT2D eigenvalue weighted by molar-refractivity contribution is 5.87. The number of aliphatic carboxylic acids is 1. The molecule has 0 spiro atoms. The smallest absolute Gasteiger partial charge is 0.326 e. The molecule has 1 aromatic rings. The van der Waals surface area contributed by atoms with Crippen molar-refractivity contribution in [1.29, 1.82) is 0 Å². The maximum atomic E-state index is 11.9. The largest absolute Gasteiger partial charge is 0.480 e. The fraction of sp³-hybridized carbons (Fsp3) is 0.429. The highest BCUT2D eigenvalue weighted by atomic mass is 16.4. The molecule has 18 heavy (non-hydrogen) atoms. The molecule has 96 valence electrons. The number of carbonyl (C=O) groups is 2. The van der Waals surface area contributed by atoms with E-state index in [0.717, 1.165) is 12.0 Å². The average Bonchev–Trinajstić information content (AvgIpc) is 3.16. The van der Waals surface area contributed by atoms with Crippen molar-refractivity contribution < 1.29 is 14.7 Å². The summed E-state index contributed by atoms with van der Waals surface area (Å²) in [5.74, 6) is -0.931. The Morgan fingerprint density at radius 1 is 1.39 bits per heavy atom. The van der Waals surface area contributed by atoms with Crippen LogP contribution in [0.5, 0.6) is 0 Å². The van der Waals surface area contributed by atoms with Gasteiger partial charge in [-0.25, -0.2) is 4.79 Å². The Labute approximate surface area is 106 Å². The van der Waals surface area contributed by atoms with Crippen LogP contribution < -0.4 is 5.32 Å². The zero-order chi connectivity index (χ0) is 13.1. The molecule has 2 rings (SSSR count). The zero-order valence-corrected chi connectivity index (χ0v) is 10.3. The SMILES string of the molecule is CC[C@@H](NC(=O)C1CC1c1ccccc1)C(=O)O. The molecule has 0 aromatic heterocycles. The van der Waals surface area contributed by atoms with Crippen LogP contribution in [0.3, 0.4) is 0 Å². The number of rotatable bonds is 5. The van der Waals surface area contributed by atoms with Gasteiger partial charge in [0.05, 0.1) is 0 Å². The van der Waals surface area contributed by atoms with Crippen molar-refractivity contribution in [1.82, 2.24) is 5.32 Å². The van der Waals surface area contributed by atoms with Crippen LogP contribution >= 0.6 is 0 Å². The lowest BCUT2D eigenvalue weighted by Gasteiger charge is -2.12. The van der Waals surface area contributed by atoms with Gasteiger partial charge in [-0.3, -0.25) is 4.79 Å². The molecule has 0 bridgehead atoms. The summed E-state index contributed by atoms with van der Waals surface area (Å²) in [6.07, 6.45) is 1.22. The fourth-order valence-corrected chi connectivity index (χ4v) is 2.17. The van der Waals surface area contributed by atoms with Gasteiger partial charge < -0.3 is 10.4 Å². The van der Waals surface area contributed by atoms with Crippen LogP contribution in [-0.2, 0) is 9.59 Å². The second kappa shape index (κ2) is 5.21. The van der Waals surface area contributed by atoms with Gasteiger partial charge in [-0.05, 0) is 24.3 Å². The van der Waals surface area contributed by atoms with Crippen molar-refractivity contribution >= 4 is 11.9 Å². The predicted octanol–water partition coefficient (Wildman–Crippen LogP) is 1.77. The molecule has 1 aromatic carbocycles. The van der Waals surface area contributed by atoms with Crippen LogP contribution in [0.4, 0.5) is 0 Å². The number of carbonyl (C=O) groups excluding carboxylic acids is 1. The van der Waals surface area contributed by atoms with Crippen molar-refractivity contribution in [2.75, 3.05) is 0 Å². The molecule has 1 saturated carbocycles. The number of nitrogens with one attached hydrogen (secondary N) is 1. The van der Waals surface area contributed by atoms with Crippen LogP contribution in [-0.4, -0.2) is 23.0 Å². The second-order valence-corrected chi connectivity index (χ2v) is 4.67. The summed E-state index contributed by atoms with van der Waals surface area (Å²) in [6.45, 7) is 1.75. The summed E-state index contributed by atoms with van der Waals surface area (Å²) in [6, 6.07) is 9.09. The first-order chi connectivity index (χ1) is 8.63. The van der Waals surface area contributed by atoms with E-state index in [4.69, 9.17) is 5.11 Å². The Hall–Kier alpha value is -1.84. The van der Waals surface area contributed by atoms with Crippen molar-refractivity contribution in [2.24, 2.45) is 5.92 Å². The minimum atomic E-state index is -0.970. The van der Waals surface area contributed by atoms with Gasteiger partial charge in [-0.15, -0.1) is 0 Å². The van der Waals surface area contributed by atoms with Gasteiger partial charge in [0.15, 0.2) is 0 Å². The number of amides is 1. The first kappa shape index (κ1) is 12.6. The van der Waals surface area contributed by atoms with Gasteiger partial charge in [0.2, 0.25) is 5.91 Å². The first-order valence-electron chi connectivity index (χ1n) is 6.21. The van der Waals surface area contributed by atoms with E-state index < -0.39 is 12.0 Å². The van der Waals surface area contributed by atoms with E-state index in [1.165, 1.54) is 0 Å². The molecule has 0 radical (unpaired) electrons. The maximum absolute atomic E-state index is 11.9. The van der Waals surface area contributed by atoms with Crippen LogP contribution in [0.1, 0.15) is 31.2 Å². The van der Waals surface area contributed by atoms with E-state index in [0.29, 0.717) is 6.42 Å². The van der Waals surface area contributed by atoms with E-state index in [-0.39, 0.29) is 17.7 Å². The molecule has 1 aliphatic rings. The van der Waals surface area contributed by atoms with Gasteiger partial charge in [0.25, 0.3) is 0 Å². The van der Waals surface area contributed by atoms with Gasteiger partial charge in [-0.2, -0.15) is 0 Å². The molecule has 1 aliphatic carbocycles. The zero-order valence-electron chi connectivity index (χ0n) is 10.3. The molecule has 1 fully saturated rings. The normalized spacial score (nSPS) is 23.2. The van der Waals surface area contributed by atoms with Crippen molar-refractivity contribution in [2.45, 2.75) is 31.7 Å². The van der Waals surface area contributed by atoms with E-state index in [9.17, 15) is 9.59 Å². The number of carboxylic acid groups (broad SMARTS) is 1. The summed E-state index contributed by atoms with van der Waals surface area (Å²) in [4.78, 5) is 22.7. The molecule has 0 heterocycles. The van der Waals surface area contributed by atoms with Gasteiger partial charge >= 0.3 is 5.97 Å². The third kappa shape index (κ3) is 2.70. The standard InChI is InChI=1S/C14H17NO3/c1-2-12(14(17)18)15-13(16)11-8-10(11)9-6-4-3-5-7-9/h3-7,10-12H,2,8H2,1H3,(H,15,16)(H,17,18)/t10?,11?,12-/m1/s1. The van der Waals surface area contributed by atoms with Crippen molar-refractivity contribution in [3.8, 4) is 0 Å². The van der Waals surface area contributed by atoms with Crippen molar-refractivity contribution in [3.05, 3.63) is 35.9 Å². The minimum Gasteiger partial charge on any atom is -0.480 e. The predicted molar refractivity (Wildman–Crippen MR) is 67.1 cm³/mol. The Morgan fingerprint density at radius 2 is 2.06 bits per heavy atom. The highest BCUT2D eigenvalue weighted by Gasteiger charge is 2.44. The highest BCUT2D eigenvalue weighted by Crippen LogP contribution is 2.47. The quantitative estimate of drug-likeness (QED) is 0.833. The summed E-state index contributed by atoms with van der Waals surface area (Å²) in [7, 11) is 0. The molecule has 0 saturated heterocycles. The molecule has 2 N–H and O–H groups in total. The van der Waals surface area contributed by atoms with Crippen molar-refractivity contribution in [3.63, 3.8) is 0 Å². The maximum Gasteiger partial charge on any atom is 0.326 e. The molecule has 3 atom stereocenters. The van der Waals surface area contributed by atoms with Gasteiger partial charge in [0, 0.05) is 5.92 Å². The molecule has 0 aliphatic heterocycles. The lowest BCUT2D eigenvalue weighted by Crippen LogP contribution is -2.41. The second-order valence-electron chi connectivity index (χ2n) is 4.67. The molecule has 4 nitrogen and oxygen atoms in total. The van der Waals surface area contributed by atoms with E-state index in [2.05, 4.69) is 5.32 Å². The number of carboxylic acids is 1. The summed E-state index contributed by atoms with van der Waals surface area (Å²) >= 11 is 0.